The molecule has 0 spiro atoms. The van der Waals surface area contributed by atoms with Gasteiger partial charge in [-0.3, -0.25) is 0 Å². The van der Waals surface area contributed by atoms with E-state index in [-0.39, 0.29) is 6.04 Å². The normalized spacial score (nSPS) is 12.2. The summed E-state index contributed by atoms with van der Waals surface area (Å²) in [5.41, 5.74) is 8.12. The van der Waals surface area contributed by atoms with Crippen LogP contribution >= 0.6 is 15.9 Å². The fourth-order valence-electron chi connectivity index (χ4n) is 1.96. The van der Waals surface area contributed by atoms with E-state index in [9.17, 15) is 0 Å². The molecule has 0 fully saturated rings. The monoisotopic (exact) mass is 319 g/mol. The number of hydrogen-bond acceptors (Lipinski definition) is 2. The summed E-state index contributed by atoms with van der Waals surface area (Å²) in [6, 6.07) is 14.2. The maximum absolute atomic E-state index is 5.92. The summed E-state index contributed by atoms with van der Waals surface area (Å²) >= 11 is 3.45. The highest BCUT2D eigenvalue weighted by molar-refractivity contribution is 9.10. The van der Waals surface area contributed by atoms with Crippen LogP contribution in [-0.2, 0) is 6.42 Å². The molecule has 19 heavy (non-hydrogen) atoms. The Hall–Kier alpha value is -1.32. The molecule has 0 radical (unpaired) electrons. The van der Waals surface area contributed by atoms with E-state index < -0.39 is 0 Å². The molecule has 0 heterocycles. The zero-order chi connectivity index (χ0) is 13.8. The van der Waals surface area contributed by atoms with Crippen molar-refractivity contribution in [1.29, 1.82) is 0 Å². The molecule has 0 bridgehead atoms. The van der Waals surface area contributed by atoms with Crippen LogP contribution in [0.25, 0.3) is 0 Å². The Morgan fingerprint density at radius 3 is 2.68 bits per heavy atom. The topological polar surface area (TPSA) is 35.2 Å². The van der Waals surface area contributed by atoms with Gasteiger partial charge in [0.2, 0.25) is 0 Å². The maximum Gasteiger partial charge on any atom is 0.130 e. The van der Waals surface area contributed by atoms with Crippen LogP contribution in [-0.4, -0.2) is 6.04 Å². The van der Waals surface area contributed by atoms with Crippen molar-refractivity contribution in [2.75, 3.05) is 0 Å². The third-order valence-electron chi connectivity index (χ3n) is 2.82. The summed E-state index contributed by atoms with van der Waals surface area (Å²) < 4.78 is 6.98. The molecule has 0 aromatic heterocycles. The van der Waals surface area contributed by atoms with Gasteiger partial charge < -0.3 is 10.5 Å². The van der Waals surface area contributed by atoms with E-state index in [4.69, 9.17) is 10.5 Å². The van der Waals surface area contributed by atoms with Gasteiger partial charge in [-0.15, -0.1) is 0 Å². The van der Waals surface area contributed by atoms with Crippen LogP contribution in [0, 0.1) is 6.92 Å². The van der Waals surface area contributed by atoms with Crippen LogP contribution in [0.5, 0.6) is 11.5 Å². The number of ether oxygens (including phenoxy) is 1. The maximum atomic E-state index is 5.92. The Labute approximate surface area is 122 Å². The van der Waals surface area contributed by atoms with Gasteiger partial charge in [-0.2, -0.15) is 0 Å². The van der Waals surface area contributed by atoms with Crippen LogP contribution in [0.2, 0.25) is 0 Å². The lowest BCUT2D eigenvalue weighted by Crippen LogP contribution is -2.17. The highest BCUT2D eigenvalue weighted by Gasteiger charge is 2.04. The first-order valence-corrected chi connectivity index (χ1v) is 7.12. The number of benzene rings is 2. The van der Waals surface area contributed by atoms with Crippen LogP contribution < -0.4 is 10.5 Å². The molecule has 2 nitrogen and oxygen atoms in total. The number of hydrogen-bond donors (Lipinski definition) is 1. The molecule has 0 aliphatic heterocycles. The SMILES string of the molecule is Cc1cc(Br)ccc1Oc1cccc(CC(C)N)c1. The first kappa shape index (κ1) is 14.1. The van der Waals surface area contributed by atoms with Crippen molar-refractivity contribution in [3.05, 3.63) is 58.1 Å². The molecule has 0 saturated carbocycles. The number of nitrogens with two attached hydrogens (primary N) is 1. The van der Waals surface area contributed by atoms with E-state index in [1.54, 1.807) is 0 Å². The number of aryl methyl sites for hydroxylation is 1. The van der Waals surface area contributed by atoms with Gasteiger partial charge in [-0.25, -0.2) is 0 Å². The second-order valence-electron chi connectivity index (χ2n) is 4.84. The second-order valence-corrected chi connectivity index (χ2v) is 5.76. The zero-order valence-corrected chi connectivity index (χ0v) is 12.8. The van der Waals surface area contributed by atoms with Gasteiger partial charge in [-0.05, 0) is 61.7 Å². The van der Waals surface area contributed by atoms with Gasteiger partial charge in [0.15, 0.2) is 0 Å². The summed E-state index contributed by atoms with van der Waals surface area (Å²) in [7, 11) is 0. The Bertz CT molecular complexity index is 566. The van der Waals surface area contributed by atoms with Crippen molar-refractivity contribution in [2.24, 2.45) is 5.73 Å². The van der Waals surface area contributed by atoms with Crippen molar-refractivity contribution >= 4 is 15.9 Å². The van der Waals surface area contributed by atoms with Crippen molar-refractivity contribution in [2.45, 2.75) is 26.3 Å². The number of rotatable bonds is 4. The van der Waals surface area contributed by atoms with Crippen molar-refractivity contribution < 1.29 is 4.74 Å². The minimum absolute atomic E-state index is 0.157. The van der Waals surface area contributed by atoms with E-state index in [2.05, 4.69) is 22.0 Å². The summed E-state index contributed by atoms with van der Waals surface area (Å²) in [5, 5.41) is 0. The van der Waals surface area contributed by atoms with Gasteiger partial charge in [-0.1, -0.05) is 28.1 Å². The standard InChI is InChI=1S/C16H18BrNO/c1-11-8-14(17)6-7-16(11)19-15-5-3-4-13(10-15)9-12(2)18/h3-8,10,12H,9,18H2,1-2H3. The Morgan fingerprint density at radius 2 is 2.00 bits per heavy atom. The summed E-state index contributed by atoms with van der Waals surface area (Å²) in [6.45, 7) is 4.04. The lowest BCUT2D eigenvalue weighted by atomic mass is 10.1. The first-order chi connectivity index (χ1) is 9.04. The third kappa shape index (κ3) is 4.08. The van der Waals surface area contributed by atoms with Crippen molar-refractivity contribution in [3.8, 4) is 11.5 Å². The average Bonchev–Trinajstić information content (AvgIpc) is 2.32. The fourth-order valence-corrected chi connectivity index (χ4v) is 2.44. The zero-order valence-electron chi connectivity index (χ0n) is 11.2. The average molecular weight is 320 g/mol. The highest BCUT2D eigenvalue weighted by Crippen LogP contribution is 2.28. The van der Waals surface area contributed by atoms with Crippen molar-refractivity contribution in [1.82, 2.24) is 0 Å². The smallest absolute Gasteiger partial charge is 0.130 e. The van der Waals surface area contributed by atoms with Crippen LogP contribution in [0.15, 0.2) is 46.9 Å². The summed E-state index contributed by atoms with van der Waals surface area (Å²) in [5.74, 6) is 1.73. The molecule has 0 saturated heterocycles. The number of halogens is 1. The lowest BCUT2D eigenvalue weighted by molar-refractivity contribution is 0.478. The minimum atomic E-state index is 0.157. The molecule has 100 valence electrons. The van der Waals surface area contributed by atoms with E-state index in [1.165, 1.54) is 5.56 Å². The van der Waals surface area contributed by atoms with Gasteiger partial charge >= 0.3 is 0 Å². The van der Waals surface area contributed by atoms with Crippen molar-refractivity contribution in [3.63, 3.8) is 0 Å². The second kappa shape index (κ2) is 6.22. The molecule has 3 heteroatoms. The van der Waals surface area contributed by atoms with E-state index >= 15 is 0 Å². The van der Waals surface area contributed by atoms with Gasteiger partial charge in [0, 0.05) is 10.5 Å². The molecule has 2 aromatic rings. The predicted molar refractivity (Wildman–Crippen MR) is 82.7 cm³/mol. The van der Waals surface area contributed by atoms with Gasteiger partial charge in [0.25, 0.3) is 0 Å². The third-order valence-corrected chi connectivity index (χ3v) is 3.31. The molecular formula is C16H18BrNO. The largest absolute Gasteiger partial charge is 0.457 e. The summed E-state index contributed by atoms with van der Waals surface area (Å²) in [6.07, 6.45) is 0.858. The molecule has 1 atom stereocenters. The molecule has 2 aromatic carbocycles. The Balaban J connectivity index is 2.18. The van der Waals surface area contributed by atoms with Gasteiger partial charge in [0.1, 0.15) is 11.5 Å². The molecular weight excluding hydrogens is 302 g/mol. The van der Waals surface area contributed by atoms with Crippen LogP contribution in [0.3, 0.4) is 0 Å². The Kier molecular flexibility index (Phi) is 4.61. The molecule has 2 rings (SSSR count). The summed E-state index contributed by atoms with van der Waals surface area (Å²) in [4.78, 5) is 0. The molecule has 0 aliphatic carbocycles. The first-order valence-electron chi connectivity index (χ1n) is 6.33. The van der Waals surface area contributed by atoms with Crippen LogP contribution in [0.1, 0.15) is 18.1 Å². The Morgan fingerprint density at radius 1 is 1.21 bits per heavy atom. The highest BCUT2D eigenvalue weighted by atomic mass is 79.9. The molecule has 0 amide bonds. The minimum Gasteiger partial charge on any atom is -0.457 e. The molecule has 0 aliphatic rings. The van der Waals surface area contributed by atoms with E-state index in [1.807, 2.05) is 50.2 Å². The van der Waals surface area contributed by atoms with Gasteiger partial charge in [0.05, 0.1) is 0 Å². The lowest BCUT2D eigenvalue weighted by Gasteiger charge is -2.11. The predicted octanol–water partition coefficient (Wildman–Crippen LogP) is 4.44. The van der Waals surface area contributed by atoms with Crippen LogP contribution in [0.4, 0.5) is 0 Å². The quantitative estimate of drug-likeness (QED) is 0.904. The molecule has 1 unspecified atom stereocenters. The molecule has 2 N–H and O–H groups in total. The van der Waals surface area contributed by atoms with E-state index in [0.29, 0.717) is 0 Å². The fraction of sp³-hybridized carbons (Fsp3) is 0.250. The van der Waals surface area contributed by atoms with E-state index in [0.717, 1.165) is 28.0 Å².